The Morgan fingerprint density at radius 2 is 0.846 bits per heavy atom. The van der Waals surface area contributed by atoms with Crippen LogP contribution in [-0.2, 0) is 0 Å². The Bertz CT molecular complexity index is 965. The molecule has 3 unspecified atom stereocenters. The number of carbonyl (C=O) groups is 3. The standard InChI is InChI=1S/C31H43N5O3/c37-29(34-23-13-17-1-7-20(23)8-2-17)26-16-27(30(38)35-24-14-18-3-9-21(24)10-4-18)33-28(32-26)31(39)36-25-15-19-5-11-22(25)12-6-19/h16-25H,1-15H2,(H,34,37)(H,35,38)(H,36,39). The summed E-state index contributed by atoms with van der Waals surface area (Å²) in [5.41, 5.74) is 0.245. The molecule has 0 aliphatic heterocycles. The Hall–Kier alpha value is -2.51. The van der Waals surface area contributed by atoms with Gasteiger partial charge in [-0.05, 0) is 93.3 Å². The van der Waals surface area contributed by atoms with Crippen molar-refractivity contribution in [1.82, 2.24) is 25.9 Å². The third kappa shape index (κ3) is 5.20. The lowest BCUT2D eigenvalue weighted by Crippen LogP contribution is -2.49. The van der Waals surface area contributed by atoms with Crippen molar-refractivity contribution in [1.29, 1.82) is 0 Å². The minimum atomic E-state index is -0.371. The number of nitrogens with zero attached hydrogens (tertiary/aromatic N) is 2. The van der Waals surface area contributed by atoms with E-state index in [1.807, 2.05) is 0 Å². The van der Waals surface area contributed by atoms with Crippen molar-refractivity contribution in [3.05, 3.63) is 23.3 Å². The first-order valence-corrected chi connectivity index (χ1v) is 15.8. The van der Waals surface area contributed by atoms with E-state index in [0.717, 1.165) is 57.8 Å². The smallest absolute Gasteiger partial charge is 0.289 e. The molecule has 9 saturated carbocycles. The van der Waals surface area contributed by atoms with Crippen molar-refractivity contribution in [2.45, 2.75) is 114 Å². The van der Waals surface area contributed by atoms with Gasteiger partial charge in [0.05, 0.1) is 0 Å². The maximum Gasteiger partial charge on any atom is 0.289 e. The summed E-state index contributed by atoms with van der Waals surface area (Å²) in [7, 11) is 0. The van der Waals surface area contributed by atoms with E-state index in [0.29, 0.717) is 35.5 Å². The number of amides is 3. The maximum absolute atomic E-state index is 13.5. The highest BCUT2D eigenvalue weighted by Crippen LogP contribution is 2.43. The molecule has 9 aliphatic rings. The van der Waals surface area contributed by atoms with Crippen LogP contribution in [0, 0.1) is 35.5 Å². The molecule has 1 heterocycles. The molecule has 0 radical (unpaired) electrons. The number of carbonyl (C=O) groups excluding carboxylic acids is 3. The molecule has 8 heteroatoms. The third-order valence-electron chi connectivity index (χ3n) is 11.5. The van der Waals surface area contributed by atoms with Gasteiger partial charge in [0.15, 0.2) is 0 Å². The van der Waals surface area contributed by atoms with Gasteiger partial charge in [0, 0.05) is 24.2 Å². The molecule has 0 aromatic carbocycles. The second kappa shape index (κ2) is 10.5. The van der Waals surface area contributed by atoms with Gasteiger partial charge in [-0.25, -0.2) is 9.97 Å². The molecule has 0 spiro atoms. The second-order valence-electron chi connectivity index (χ2n) is 13.8. The summed E-state index contributed by atoms with van der Waals surface area (Å²) in [6.45, 7) is 0. The number of hydrogen-bond acceptors (Lipinski definition) is 5. The molecule has 6 bridgehead atoms. The van der Waals surface area contributed by atoms with E-state index < -0.39 is 0 Å². The molecule has 10 rings (SSSR count). The SMILES string of the molecule is O=C(NC1CC2CCC1CC2)c1cc(C(=O)NC2CC3CCC2CC3)nc(C(=O)NC2CC3CCC2CC3)n1. The highest BCUT2D eigenvalue weighted by molar-refractivity contribution is 6.00. The Labute approximate surface area is 231 Å². The Morgan fingerprint density at radius 3 is 1.15 bits per heavy atom. The molecule has 3 N–H and O–H groups in total. The summed E-state index contributed by atoms with van der Waals surface area (Å²) in [5.74, 6) is 2.53. The predicted molar refractivity (Wildman–Crippen MR) is 146 cm³/mol. The first-order valence-electron chi connectivity index (χ1n) is 15.8. The minimum Gasteiger partial charge on any atom is -0.348 e. The molecule has 210 valence electrons. The van der Waals surface area contributed by atoms with Crippen molar-refractivity contribution < 1.29 is 14.4 Å². The number of aromatic nitrogens is 2. The van der Waals surface area contributed by atoms with Crippen molar-refractivity contribution in [2.24, 2.45) is 35.5 Å². The summed E-state index contributed by atoms with van der Waals surface area (Å²) in [6, 6.07) is 1.90. The number of nitrogens with one attached hydrogen (secondary N) is 3. The van der Waals surface area contributed by atoms with Gasteiger partial charge >= 0.3 is 0 Å². The summed E-state index contributed by atoms with van der Waals surface area (Å²) < 4.78 is 0. The lowest BCUT2D eigenvalue weighted by atomic mass is 9.68. The fraction of sp³-hybridized carbons (Fsp3) is 0.774. The number of hydrogen-bond donors (Lipinski definition) is 3. The van der Waals surface area contributed by atoms with Crippen molar-refractivity contribution in [3.8, 4) is 0 Å². The van der Waals surface area contributed by atoms with Crippen molar-refractivity contribution >= 4 is 17.7 Å². The van der Waals surface area contributed by atoms with Crippen molar-refractivity contribution in [2.75, 3.05) is 0 Å². The van der Waals surface area contributed by atoms with Crippen LogP contribution in [-0.4, -0.2) is 45.8 Å². The van der Waals surface area contributed by atoms with Crippen LogP contribution in [0.1, 0.15) is 128 Å². The predicted octanol–water partition coefficient (Wildman–Crippen LogP) is 4.40. The molecule has 8 nitrogen and oxygen atoms in total. The van der Waals surface area contributed by atoms with Gasteiger partial charge in [-0.3, -0.25) is 14.4 Å². The zero-order valence-electron chi connectivity index (χ0n) is 23.0. The van der Waals surface area contributed by atoms with Gasteiger partial charge in [0.2, 0.25) is 5.82 Å². The molecular formula is C31H43N5O3. The van der Waals surface area contributed by atoms with Crippen LogP contribution in [0.5, 0.6) is 0 Å². The Balaban J connectivity index is 1.11. The van der Waals surface area contributed by atoms with Crippen LogP contribution in [0.15, 0.2) is 6.07 Å². The summed E-state index contributed by atoms with van der Waals surface area (Å²) in [5, 5.41) is 9.60. The van der Waals surface area contributed by atoms with Crippen molar-refractivity contribution in [3.63, 3.8) is 0 Å². The Morgan fingerprint density at radius 1 is 0.513 bits per heavy atom. The van der Waals surface area contributed by atoms with Gasteiger partial charge in [-0.2, -0.15) is 0 Å². The molecular weight excluding hydrogens is 490 g/mol. The molecule has 1 aromatic heterocycles. The summed E-state index contributed by atoms with van der Waals surface area (Å²) >= 11 is 0. The van der Waals surface area contributed by atoms with E-state index in [1.54, 1.807) is 0 Å². The quantitative estimate of drug-likeness (QED) is 0.502. The van der Waals surface area contributed by atoms with E-state index in [4.69, 9.17) is 0 Å². The number of fused-ring (bicyclic) bond motifs is 9. The lowest BCUT2D eigenvalue weighted by molar-refractivity contribution is 0.0794. The van der Waals surface area contributed by atoms with Gasteiger partial charge in [0.1, 0.15) is 11.4 Å². The van der Waals surface area contributed by atoms with Crippen LogP contribution >= 0.6 is 0 Å². The van der Waals surface area contributed by atoms with Crippen LogP contribution in [0.2, 0.25) is 0 Å². The van der Waals surface area contributed by atoms with Gasteiger partial charge in [-0.15, -0.1) is 0 Å². The van der Waals surface area contributed by atoms with Gasteiger partial charge < -0.3 is 16.0 Å². The van der Waals surface area contributed by atoms with E-state index in [9.17, 15) is 14.4 Å². The van der Waals surface area contributed by atoms with E-state index >= 15 is 0 Å². The second-order valence-corrected chi connectivity index (χ2v) is 13.8. The van der Waals surface area contributed by atoms with Gasteiger partial charge in [0.25, 0.3) is 17.7 Å². The fourth-order valence-electron chi connectivity index (χ4n) is 9.16. The van der Waals surface area contributed by atoms with E-state index in [2.05, 4.69) is 25.9 Å². The molecule has 9 fully saturated rings. The van der Waals surface area contributed by atoms with Crippen LogP contribution in [0.3, 0.4) is 0 Å². The topological polar surface area (TPSA) is 113 Å². The largest absolute Gasteiger partial charge is 0.348 e. The fourth-order valence-corrected chi connectivity index (χ4v) is 9.16. The zero-order valence-corrected chi connectivity index (χ0v) is 23.0. The Kier molecular flexibility index (Phi) is 6.84. The average Bonchev–Trinajstić information content (AvgIpc) is 2.99. The van der Waals surface area contributed by atoms with E-state index in [1.165, 1.54) is 44.6 Å². The van der Waals surface area contributed by atoms with Crippen LogP contribution < -0.4 is 16.0 Å². The molecule has 1 aromatic rings. The van der Waals surface area contributed by atoms with Crippen LogP contribution in [0.25, 0.3) is 0 Å². The molecule has 39 heavy (non-hydrogen) atoms. The highest BCUT2D eigenvalue weighted by atomic mass is 16.2. The first kappa shape index (κ1) is 25.5. The van der Waals surface area contributed by atoms with Crippen LogP contribution in [0.4, 0.5) is 0 Å². The summed E-state index contributed by atoms with van der Waals surface area (Å²) in [4.78, 5) is 49.2. The highest BCUT2D eigenvalue weighted by Gasteiger charge is 2.39. The lowest BCUT2D eigenvalue weighted by Gasteiger charge is -2.42. The molecule has 3 atom stereocenters. The zero-order chi connectivity index (χ0) is 26.5. The maximum atomic E-state index is 13.5. The number of rotatable bonds is 6. The van der Waals surface area contributed by atoms with E-state index in [-0.39, 0.29) is 53.1 Å². The first-order chi connectivity index (χ1) is 19.0. The molecule has 0 saturated heterocycles. The monoisotopic (exact) mass is 533 g/mol. The average molecular weight is 534 g/mol. The minimum absolute atomic E-state index is 0.0652. The third-order valence-corrected chi connectivity index (χ3v) is 11.5. The van der Waals surface area contributed by atoms with Gasteiger partial charge in [-0.1, -0.05) is 38.5 Å². The molecule has 3 amide bonds. The molecule has 9 aliphatic carbocycles. The normalized spacial score (nSPS) is 38.3. The summed E-state index contributed by atoms with van der Waals surface area (Å²) in [6.07, 6.45) is 17.5.